The van der Waals surface area contributed by atoms with Crippen LogP contribution in [0.25, 0.3) is 0 Å². The maximum atomic E-state index is 11.7. The van der Waals surface area contributed by atoms with Crippen molar-refractivity contribution in [2.75, 3.05) is 26.7 Å². The minimum Gasteiger partial charge on any atom is -0.328 e. The van der Waals surface area contributed by atoms with Crippen molar-refractivity contribution in [3.05, 3.63) is 0 Å². The van der Waals surface area contributed by atoms with Gasteiger partial charge in [0.1, 0.15) is 5.78 Å². The molecule has 80 valence electrons. The Morgan fingerprint density at radius 2 is 2.29 bits per heavy atom. The van der Waals surface area contributed by atoms with Crippen molar-refractivity contribution in [2.24, 2.45) is 5.92 Å². The van der Waals surface area contributed by atoms with E-state index in [-0.39, 0.29) is 17.7 Å². The summed E-state index contributed by atoms with van der Waals surface area (Å²) in [7, 11) is 1.78. The third-order valence-electron chi connectivity index (χ3n) is 2.74. The number of amides is 2. The number of ketones is 1. The van der Waals surface area contributed by atoms with Gasteiger partial charge in [-0.3, -0.25) is 4.79 Å². The van der Waals surface area contributed by atoms with Gasteiger partial charge in [0, 0.05) is 39.0 Å². The van der Waals surface area contributed by atoms with Crippen molar-refractivity contribution < 1.29 is 9.59 Å². The molecular formula is C10H18N2O2. The van der Waals surface area contributed by atoms with Crippen molar-refractivity contribution in [1.29, 1.82) is 0 Å². The van der Waals surface area contributed by atoms with Crippen LogP contribution in [-0.4, -0.2) is 48.3 Å². The normalized spacial score (nSPS) is 22.4. The number of hydrogen-bond donors (Lipinski definition) is 0. The van der Waals surface area contributed by atoms with Crippen molar-refractivity contribution >= 4 is 11.8 Å². The van der Waals surface area contributed by atoms with Gasteiger partial charge in [0.15, 0.2) is 0 Å². The first-order valence-corrected chi connectivity index (χ1v) is 5.09. The maximum absolute atomic E-state index is 11.7. The van der Waals surface area contributed by atoms with Crippen LogP contribution in [-0.2, 0) is 4.79 Å². The number of carbonyl (C=O) groups excluding carboxylic acids is 2. The van der Waals surface area contributed by atoms with E-state index in [9.17, 15) is 9.59 Å². The molecule has 0 radical (unpaired) electrons. The van der Waals surface area contributed by atoms with Gasteiger partial charge in [-0.1, -0.05) is 6.92 Å². The number of Topliss-reactive ketones (excluding diaryl/α,β-unsaturated/α-hetero) is 1. The van der Waals surface area contributed by atoms with Crippen LogP contribution in [0.15, 0.2) is 0 Å². The third-order valence-corrected chi connectivity index (χ3v) is 2.74. The van der Waals surface area contributed by atoms with E-state index in [1.54, 1.807) is 16.8 Å². The number of nitrogens with zero attached hydrogens (tertiary/aromatic N) is 2. The number of rotatable bonds is 1. The quantitative estimate of drug-likeness (QED) is 0.630. The van der Waals surface area contributed by atoms with Crippen LogP contribution in [0.1, 0.15) is 20.3 Å². The standard InChI is InChI=1S/C10H18N2O2/c1-4-11(3)10(14)12-6-5-9(13)8(2)7-12/h8H,4-7H2,1-3H3. The zero-order chi connectivity index (χ0) is 10.7. The molecule has 0 saturated carbocycles. The topological polar surface area (TPSA) is 40.6 Å². The molecule has 1 aliphatic heterocycles. The van der Waals surface area contributed by atoms with Crippen LogP contribution in [0.4, 0.5) is 4.79 Å². The molecule has 2 amide bonds. The van der Waals surface area contributed by atoms with Gasteiger partial charge in [0.05, 0.1) is 0 Å². The molecular weight excluding hydrogens is 180 g/mol. The maximum Gasteiger partial charge on any atom is 0.319 e. The number of likely N-dealkylation sites (tertiary alicyclic amines) is 1. The van der Waals surface area contributed by atoms with Crippen LogP contribution < -0.4 is 0 Å². The van der Waals surface area contributed by atoms with E-state index in [2.05, 4.69) is 0 Å². The van der Waals surface area contributed by atoms with E-state index >= 15 is 0 Å². The summed E-state index contributed by atoms with van der Waals surface area (Å²) in [5.41, 5.74) is 0. The number of hydrogen-bond acceptors (Lipinski definition) is 2. The zero-order valence-corrected chi connectivity index (χ0v) is 9.12. The molecule has 0 bridgehead atoms. The lowest BCUT2D eigenvalue weighted by Gasteiger charge is -2.32. The number of carbonyl (C=O) groups is 2. The predicted molar refractivity (Wildman–Crippen MR) is 54.1 cm³/mol. The summed E-state index contributed by atoms with van der Waals surface area (Å²) in [5, 5.41) is 0. The molecule has 1 rings (SSSR count). The molecule has 4 nitrogen and oxygen atoms in total. The molecule has 0 aliphatic carbocycles. The second-order valence-electron chi connectivity index (χ2n) is 3.86. The predicted octanol–water partition coefficient (Wildman–Crippen LogP) is 0.969. The van der Waals surface area contributed by atoms with Gasteiger partial charge in [-0.15, -0.1) is 0 Å². The Kier molecular flexibility index (Phi) is 3.49. The summed E-state index contributed by atoms with van der Waals surface area (Å²) >= 11 is 0. The summed E-state index contributed by atoms with van der Waals surface area (Å²) in [6.45, 7) is 5.68. The molecule has 14 heavy (non-hydrogen) atoms. The fourth-order valence-corrected chi connectivity index (χ4v) is 1.57. The highest BCUT2D eigenvalue weighted by Crippen LogP contribution is 2.13. The third kappa shape index (κ3) is 2.25. The lowest BCUT2D eigenvalue weighted by molar-refractivity contribution is -0.124. The van der Waals surface area contributed by atoms with Crippen molar-refractivity contribution in [3.63, 3.8) is 0 Å². The molecule has 4 heteroatoms. The first-order valence-electron chi connectivity index (χ1n) is 5.09. The average Bonchev–Trinajstić information content (AvgIpc) is 2.20. The van der Waals surface area contributed by atoms with E-state index in [0.29, 0.717) is 26.1 Å². The molecule has 1 aliphatic rings. The lowest BCUT2D eigenvalue weighted by Crippen LogP contribution is -2.48. The fraction of sp³-hybridized carbons (Fsp3) is 0.800. The van der Waals surface area contributed by atoms with Gasteiger partial charge >= 0.3 is 6.03 Å². The van der Waals surface area contributed by atoms with Crippen LogP contribution in [0, 0.1) is 5.92 Å². The van der Waals surface area contributed by atoms with Crippen molar-refractivity contribution in [1.82, 2.24) is 9.80 Å². The highest BCUT2D eigenvalue weighted by molar-refractivity contribution is 5.84. The van der Waals surface area contributed by atoms with Crippen LogP contribution in [0.3, 0.4) is 0 Å². The van der Waals surface area contributed by atoms with E-state index < -0.39 is 0 Å². The van der Waals surface area contributed by atoms with Gasteiger partial charge in [0.25, 0.3) is 0 Å². The lowest BCUT2D eigenvalue weighted by atomic mass is 9.99. The Morgan fingerprint density at radius 1 is 1.64 bits per heavy atom. The van der Waals surface area contributed by atoms with E-state index in [4.69, 9.17) is 0 Å². The van der Waals surface area contributed by atoms with Gasteiger partial charge in [-0.05, 0) is 6.92 Å². The zero-order valence-electron chi connectivity index (χ0n) is 9.12. The Balaban J connectivity index is 2.54. The summed E-state index contributed by atoms with van der Waals surface area (Å²) in [5.74, 6) is 0.270. The highest BCUT2D eigenvalue weighted by Gasteiger charge is 2.27. The largest absolute Gasteiger partial charge is 0.328 e. The van der Waals surface area contributed by atoms with Gasteiger partial charge in [-0.2, -0.15) is 0 Å². The smallest absolute Gasteiger partial charge is 0.319 e. The van der Waals surface area contributed by atoms with E-state index in [1.165, 1.54) is 0 Å². The number of urea groups is 1. The second-order valence-corrected chi connectivity index (χ2v) is 3.86. The Hall–Kier alpha value is -1.06. The average molecular weight is 198 g/mol. The van der Waals surface area contributed by atoms with E-state index in [0.717, 1.165) is 0 Å². The van der Waals surface area contributed by atoms with Gasteiger partial charge in [0.2, 0.25) is 0 Å². The fourth-order valence-electron chi connectivity index (χ4n) is 1.57. The molecule has 1 unspecified atom stereocenters. The molecule has 0 aromatic rings. The Labute approximate surface area is 84.9 Å². The second kappa shape index (κ2) is 4.44. The number of piperidine rings is 1. The van der Waals surface area contributed by atoms with Crippen molar-refractivity contribution in [3.8, 4) is 0 Å². The highest BCUT2D eigenvalue weighted by atomic mass is 16.2. The van der Waals surface area contributed by atoms with Crippen LogP contribution >= 0.6 is 0 Å². The van der Waals surface area contributed by atoms with Gasteiger partial charge < -0.3 is 9.80 Å². The molecule has 1 atom stereocenters. The SMILES string of the molecule is CCN(C)C(=O)N1CCC(=O)C(C)C1. The molecule has 1 heterocycles. The molecule has 1 fully saturated rings. The molecule has 0 aromatic heterocycles. The summed E-state index contributed by atoms with van der Waals surface area (Å²) < 4.78 is 0. The molecule has 0 spiro atoms. The summed E-state index contributed by atoms with van der Waals surface area (Å²) in [4.78, 5) is 26.4. The Morgan fingerprint density at radius 3 is 2.79 bits per heavy atom. The summed E-state index contributed by atoms with van der Waals surface area (Å²) in [6, 6.07) is 0.0341. The molecule has 0 aromatic carbocycles. The van der Waals surface area contributed by atoms with Crippen LogP contribution in [0.5, 0.6) is 0 Å². The first-order chi connectivity index (χ1) is 6.56. The molecule has 1 saturated heterocycles. The minimum atomic E-state index is -0.00189. The Bertz CT molecular complexity index is 240. The minimum absolute atomic E-state index is 0.00189. The van der Waals surface area contributed by atoms with Gasteiger partial charge in [-0.25, -0.2) is 4.79 Å². The monoisotopic (exact) mass is 198 g/mol. The summed E-state index contributed by atoms with van der Waals surface area (Å²) in [6.07, 6.45) is 0.504. The van der Waals surface area contributed by atoms with Crippen LogP contribution in [0.2, 0.25) is 0 Å². The molecule has 0 N–H and O–H groups in total. The van der Waals surface area contributed by atoms with Crippen molar-refractivity contribution in [2.45, 2.75) is 20.3 Å². The first kappa shape index (κ1) is 11.0. The van der Waals surface area contributed by atoms with E-state index in [1.807, 2.05) is 13.8 Å².